The van der Waals surface area contributed by atoms with Crippen LogP contribution in [0.1, 0.15) is 0 Å². The Balaban J connectivity index is 2.97. The Morgan fingerprint density at radius 2 is 2.33 bits per heavy atom. The van der Waals surface area contributed by atoms with Crippen molar-refractivity contribution in [2.45, 2.75) is 0 Å². The number of aliphatic hydroxyl groups is 1. The molecule has 0 aromatic heterocycles. The third kappa shape index (κ3) is 5.01. The predicted molar refractivity (Wildman–Crippen MR) is 30.9 cm³/mol. The fourth-order valence-corrected chi connectivity index (χ4v) is 0.235. The molecule has 0 unspecified atom stereocenters. The van der Waals surface area contributed by atoms with Crippen molar-refractivity contribution in [2.24, 2.45) is 5.84 Å². The van der Waals surface area contributed by atoms with E-state index in [9.17, 15) is 4.79 Å². The predicted octanol–water partition coefficient (Wildman–Crippen LogP) is -2.34. The number of nitrogens with one attached hydrogen (secondary N) is 3. The molecule has 0 radical (unpaired) electrons. The van der Waals surface area contributed by atoms with Gasteiger partial charge in [-0.2, -0.15) is 0 Å². The molecule has 2 amide bonds. The molecule has 0 atom stereocenters. The summed E-state index contributed by atoms with van der Waals surface area (Å²) >= 11 is 0. The highest BCUT2D eigenvalue weighted by molar-refractivity contribution is 5.72. The summed E-state index contributed by atoms with van der Waals surface area (Å²) in [6.07, 6.45) is 0. The van der Waals surface area contributed by atoms with Gasteiger partial charge in [-0.05, 0) is 0 Å². The molecule has 0 aliphatic rings. The summed E-state index contributed by atoms with van der Waals surface area (Å²) < 4.78 is 0. The van der Waals surface area contributed by atoms with Gasteiger partial charge in [0.15, 0.2) is 0 Å². The highest BCUT2D eigenvalue weighted by Crippen LogP contribution is 1.52. The van der Waals surface area contributed by atoms with Gasteiger partial charge >= 0.3 is 6.03 Å². The molecule has 0 saturated heterocycles. The van der Waals surface area contributed by atoms with E-state index in [0.29, 0.717) is 6.54 Å². The van der Waals surface area contributed by atoms with Crippen LogP contribution in [0.5, 0.6) is 0 Å². The summed E-state index contributed by atoms with van der Waals surface area (Å²) in [6.45, 7) is 0.262. The minimum atomic E-state index is -0.538. The van der Waals surface area contributed by atoms with Gasteiger partial charge < -0.3 is 5.11 Å². The highest BCUT2D eigenvalue weighted by Gasteiger charge is 1.90. The molecular formula is C3H10N4O2. The van der Waals surface area contributed by atoms with Crippen molar-refractivity contribution in [3.63, 3.8) is 0 Å². The minimum absolute atomic E-state index is 0.0369. The van der Waals surface area contributed by atoms with Crippen molar-refractivity contribution < 1.29 is 9.90 Å². The third-order valence-corrected chi connectivity index (χ3v) is 0.570. The summed E-state index contributed by atoms with van der Waals surface area (Å²) in [5.74, 6) is 4.69. The largest absolute Gasteiger partial charge is 0.395 e. The molecule has 0 spiro atoms. The molecular weight excluding hydrogens is 124 g/mol. The first-order valence-electron chi connectivity index (χ1n) is 2.41. The minimum Gasteiger partial charge on any atom is -0.395 e. The Morgan fingerprint density at radius 3 is 2.78 bits per heavy atom. The SMILES string of the molecule is NNC(=O)NNCCO. The zero-order valence-corrected chi connectivity index (χ0v) is 4.85. The van der Waals surface area contributed by atoms with Crippen LogP contribution in [0.3, 0.4) is 0 Å². The number of nitrogens with two attached hydrogens (primary N) is 1. The fraction of sp³-hybridized carbons (Fsp3) is 0.667. The van der Waals surface area contributed by atoms with E-state index in [2.05, 4.69) is 16.7 Å². The van der Waals surface area contributed by atoms with E-state index in [1.54, 1.807) is 0 Å². The Kier molecular flexibility index (Phi) is 4.79. The van der Waals surface area contributed by atoms with Crippen molar-refractivity contribution in [3.05, 3.63) is 0 Å². The molecule has 0 fully saturated rings. The zero-order valence-electron chi connectivity index (χ0n) is 4.85. The molecule has 54 valence electrons. The second-order valence-corrected chi connectivity index (χ2v) is 1.25. The first-order chi connectivity index (χ1) is 4.31. The van der Waals surface area contributed by atoms with Crippen LogP contribution in [-0.4, -0.2) is 24.3 Å². The third-order valence-electron chi connectivity index (χ3n) is 0.570. The molecule has 0 rings (SSSR count). The second-order valence-electron chi connectivity index (χ2n) is 1.25. The number of amides is 2. The number of carbonyl (C=O) groups is 1. The monoisotopic (exact) mass is 134 g/mol. The summed E-state index contributed by atoms with van der Waals surface area (Å²) in [5.41, 5.74) is 6.37. The summed E-state index contributed by atoms with van der Waals surface area (Å²) in [7, 11) is 0. The van der Waals surface area contributed by atoms with Crippen molar-refractivity contribution in [3.8, 4) is 0 Å². The van der Waals surface area contributed by atoms with Crippen molar-refractivity contribution in [2.75, 3.05) is 13.2 Å². The first-order valence-corrected chi connectivity index (χ1v) is 2.41. The molecule has 6 heteroatoms. The lowest BCUT2D eigenvalue weighted by Crippen LogP contribution is -2.47. The lowest BCUT2D eigenvalue weighted by Gasteiger charge is -2.02. The Bertz CT molecular complexity index is 85.9. The molecule has 6 nitrogen and oxygen atoms in total. The van der Waals surface area contributed by atoms with Crippen LogP contribution in [0.2, 0.25) is 0 Å². The van der Waals surface area contributed by atoms with Crippen molar-refractivity contribution >= 4 is 6.03 Å². The second kappa shape index (κ2) is 5.29. The van der Waals surface area contributed by atoms with Gasteiger partial charge in [0, 0.05) is 6.54 Å². The van der Waals surface area contributed by atoms with Crippen molar-refractivity contribution in [1.29, 1.82) is 0 Å². The normalized spacial score (nSPS) is 8.67. The van der Waals surface area contributed by atoms with E-state index in [-0.39, 0.29) is 6.61 Å². The number of urea groups is 1. The van der Waals surface area contributed by atoms with Crippen LogP contribution in [0.15, 0.2) is 0 Å². The topological polar surface area (TPSA) is 99.4 Å². The molecule has 0 bridgehead atoms. The Morgan fingerprint density at radius 1 is 1.67 bits per heavy atom. The van der Waals surface area contributed by atoms with Crippen LogP contribution < -0.4 is 22.1 Å². The quantitative estimate of drug-likeness (QED) is 0.129. The summed E-state index contributed by atoms with van der Waals surface area (Å²) in [6, 6.07) is -0.538. The Labute approximate surface area is 52.4 Å². The maximum Gasteiger partial charge on any atom is 0.343 e. The summed E-state index contributed by atoms with van der Waals surface area (Å²) in [4.78, 5) is 10.2. The van der Waals surface area contributed by atoms with E-state index >= 15 is 0 Å². The molecule has 0 aromatic carbocycles. The fourth-order valence-electron chi connectivity index (χ4n) is 0.235. The van der Waals surface area contributed by atoms with Gasteiger partial charge in [0.05, 0.1) is 6.61 Å². The highest BCUT2D eigenvalue weighted by atomic mass is 16.3. The number of rotatable bonds is 3. The van der Waals surface area contributed by atoms with Crippen LogP contribution in [0, 0.1) is 0 Å². The molecule has 0 saturated carbocycles. The molecule has 0 aliphatic carbocycles. The Hall–Kier alpha value is -0.850. The van der Waals surface area contributed by atoms with Gasteiger partial charge in [0.1, 0.15) is 0 Å². The lowest BCUT2D eigenvalue weighted by atomic mass is 10.7. The maximum absolute atomic E-state index is 10.2. The molecule has 6 N–H and O–H groups in total. The van der Waals surface area contributed by atoms with Crippen LogP contribution in [0.25, 0.3) is 0 Å². The number of hydrogen-bond donors (Lipinski definition) is 5. The van der Waals surface area contributed by atoms with Gasteiger partial charge in [-0.3, -0.25) is 10.9 Å². The van der Waals surface area contributed by atoms with Gasteiger partial charge in [-0.1, -0.05) is 0 Å². The zero-order chi connectivity index (χ0) is 7.11. The summed E-state index contributed by atoms with van der Waals surface area (Å²) in [5, 5.41) is 8.19. The number of aliphatic hydroxyl groups excluding tert-OH is 1. The first kappa shape index (κ1) is 8.15. The van der Waals surface area contributed by atoms with E-state index in [1.807, 2.05) is 5.43 Å². The standard InChI is InChI=1S/C3H10N4O2/c4-6-3(9)7-5-1-2-8/h5,8H,1-2,4H2,(H2,6,7,9). The van der Waals surface area contributed by atoms with E-state index in [4.69, 9.17) is 5.11 Å². The maximum atomic E-state index is 10.2. The molecule has 0 aliphatic heterocycles. The van der Waals surface area contributed by atoms with Crippen LogP contribution in [0.4, 0.5) is 4.79 Å². The number of hydrazine groups is 2. The van der Waals surface area contributed by atoms with Gasteiger partial charge in [-0.25, -0.2) is 16.1 Å². The van der Waals surface area contributed by atoms with Crippen LogP contribution >= 0.6 is 0 Å². The number of hydrogen-bond acceptors (Lipinski definition) is 4. The molecule has 0 heterocycles. The van der Waals surface area contributed by atoms with E-state index in [1.165, 1.54) is 0 Å². The van der Waals surface area contributed by atoms with Gasteiger partial charge in [-0.15, -0.1) is 0 Å². The van der Waals surface area contributed by atoms with Crippen molar-refractivity contribution in [1.82, 2.24) is 16.3 Å². The van der Waals surface area contributed by atoms with E-state index in [0.717, 1.165) is 0 Å². The van der Waals surface area contributed by atoms with Gasteiger partial charge in [0.2, 0.25) is 0 Å². The van der Waals surface area contributed by atoms with E-state index < -0.39 is 6.03 Å². The lowest BCUT2D eigenvalue weighted by molar-refractivity contribution is 0.232. The average Bonchev–Trinajstić information content (AvgIpc) is 1.89. The van der Waals surface area contributed by atoms with Gasteiger partial charge in [0.25, 0.3) is 0 Å². The smallest absolute Gasteiger partial charge is 0.343 e. The average molecular weight is 134 g/mol. The molecule has 0 aromatic rings. The van der Waals surface area contributed by atoms with Crippen LogP contribution in [-0.2, 0) is 0 Å². The number of carbonyl (C=O) groups excluding carboxylic acids is 1. The molecule has 9 heavy (non-hydrogen) atoms.